The number of rotatable bonds is 1. The van der Waals surface area contributed by atoms with Gasteiger partial charge in [0.15, 0.2) is 0 Å². The molecule has 0 unspecified atom stereocenters. The van der Waals surface area contributed by atoms with Crippen molar-refractivity contribution >= 4 is 0 Å². The molecular weight excluding hydrogens is 132 g/mol. The fourth-order valence-electron chi connectivity index (χ4n) is 0.993. The molecule has 0 aliphatic rings. The van der Waals surface area contributed by atoms with Crippen LogP contribution in [-0.4, -0.2) is 0 Å². The van der Waals surface area contributed by atoms with E-state index in [1.54, 1.807) is 6.42 Å². The quantitative estimate of drug-likeness (QED) is 0.417. The molecular formula is C11H10-2. The first-order chi connectivity index (χ1) is 5.24. The predicted molar refractivity (Wildman–Crippen MR) is 46.4 cm³/mol. The van der Waals surface area contributed by atoms with Gasteiger partial charge in [0.1, 0.15) is 0 Å². The number of aryl methyl sites for hydroxylation is 2. The van der Waals surface area contributed by atoms with Crippen LogP contribution in [0, 0.1) is 32.6 Å². The third kappa shape index (κ3) is 1.78. The molecule has 0 fully saturated rings. The second-order valence-electron chi connectivity index (χ2n) is 2.65. The second-order valence-corrected chi connectivity index (χ2v) is 2.65. The molecule has 0 saturated heterocycles. The molecule has 1 aromatic carbocycles. The summed E-state index contributed by atoms with van der Waals surface area (Å²) in [6.45, 7) is 4.07. The summed E-state index contributed by atoms with van der Waals surface area (Å²) in [5.41, 5.74) is 3.49. The molecule has 0 amide bonds. The van der Waals surface area contributed by atoms with E-state index in [2.05, 4.69) is 24.1 Å². The number of hydrogen-bond acceptors (Lipinski definition) is 0. The molecule has 1 aromatic rings. The zero-order valence-electron chi connectivity index (χ0n) is 6.81. The Balaban J connectivity index is 3.05. The van der Waals surface area contributed by atoms with Crippen molar-refractivity contribution in [3.63, 3.8) is 0 Å². The Morgan fingerprint density at radius 3 is 2.73 bits per heavy atom. The van der Waals surface area contributed by atoms with Crippen LogP contribution in [0.2, 0.25) is 0 Å². The van der Waals surface area contributed by atoms with E-state index in [4.69, 9.17) is 6.42 Å². The molecule has 0 heteroatoms. The zero-order chi connectivity index (χ0) is 8.27. The van der Waals surface area contributed by atoms with Crippen LogP contribution in [0.3, 0.4) is 0 Å². The fraction of sp³-hybridized carbons (Fsp3) is 0.182. The molecule has 0 N–H and O–H groups in total. The lowest BCUT2D eigenvalue weighted by molar-refractivity contribution is 1.34. The third-order valence-electron chi connectivity index (χ3n) is 1.66. The van der Waals surface area contributed by atoms with Crippen LogP contribution in [0.5, 0.6) is 0 Å². The van der Waals surface area contributed by atoms with Crippen LogP contribution in [0.1, 0.15) is 16.7 Å². The zero-order valence-corrected chi connectivity index (χ0v) is 6.81. The van der Waals surface area contributed by atoms with E-state index < -0.39 is 0 Å². The minimum absolute atomic E-state index is 1.08. The van der Waals surface area contributed by atoms with Crippen LogP contribution in [-0.2, 0) is 0 Å². The minimum Gasteiger partial charge on any atom is -0.729 e. The number of hydrogen-bond donors (Lipinski definition) is 0. The first-order valence-electron chi connectivity index (χ1n) is 3.57. The van der Waals surface area contributed by atoms with Crippen molar-refractivity contribution in [2.75, 3.05) is 0 Å². The predicted octanol–water partition coefficient (Wildman–Crippen LogP) is 2.45. The average molecular weight is 142 g/mol. The summed E-state index contributed by atoms with van der Waals surface area (Å²) in [6.07, 6.45) is 8.48. The van der Waals surface area contributed by atoms with Gasteiger partial charge in [0, 0.05) is 0 Å². The van der Waals surface area contributed by atoms with E-state index in [9.17, 15) is 0 Å². The average Bonchev–Trinajstić information content (AvgIpc) is 1.98. The maximum Gasteiger partial charge on any atom is -0.0399 e. The summed E-state index contributed by atoms with van der Waals surface area (Å²) in [6, 6.07) is 6.17. The first kappa shape index (κ1) is 7.75. The standard InChI is InChI=1S/C11H10/c1-4-5-11-8-9(2)6-7-10(11)3/h5-8H,2-3H3/q-2. The van der Waals surface area contributed by atoms with Crippen molar-refractivity contribution in [2.24, 2.45) is 0 Å². The summed E-state index contributed by atoms with van der Waals surface area (Å²) in [4.78, 5) is 0. The molecule has 0 aliphatic carbocycles. The highest BCUT2D eigenvalue weighted by Crippen LogP contribution is 2.11. The van der Waals surface area contributed by atoms with E-state index in [0.29, 0.717) is 0 Å². The Hall–Kier alpha value is -1.35. The van der Waals surface area contributed by atoms with Crippen LogP contribution in [0.15, 0.2) is 18.2 Å². The molecule has 1 rings (SSSR count). The maximum atomic E-state index is 6.80. The summed E-state index contributed by atoms with van der Waals surface area (Å²) >= 11 is 0. The van der Waals surface area contributed by atoms with Gasteiger partial charge in [-0.15, -0.1) is 0 Å². The van der Waals surface area contributed by atoms with E-state index >= 15 is 0 Å². The Morgan fingerprint density at radius 1 is 1.36 bits per heavy atom. The van der Waals surface area contributed by atoms with Gasteiger partial charge in [-0.2, -0.15) is 5.56 Å². The van der Waals surface area contributed by atoms with E-state index in [1.807, 2.05) is 13.8 Å². The topological polar surface area (TPSA) is 0 Å². The van der Waals surface area contributed by atoms with Gasteiger partial charge < -0.3 is 18.8 Å². The van der Waals surface area contributed by atoms with Crippen molar-refractivity contribution < 1.29 is 0 Å². The number of benzene rings is 1. The van der Waals surface area contributed by atoms with E-state index in [0.717, 1.165) is 5.56 Å². The second kappa shape index (κ2) is 3.16. The van der Waals surface area contributed by atoms with Gasteiger partial charge in [-0.05, 0) is 13.8 Å². The van der Waals surface area contributed by atoms with Crippen LogP contribution in [0.25, 0.3) is 0 Å². The van der Waals surface area contributed by atoms with Crippen molar-refractivity contribution in [3.05, 3.63) is 47.7 Å². The highest BCUT2D eigenvalue weighted by molar-refractivity contribution is 5.39. The molecule has 0 radical (unpaired) electrons. The smallest absolute Gasteiger partial charge is 0.0399 e. The van der Waals surface area contributed by atoms with Gasteiger partial charge >= 0.3 is 0 Å². The Kier molecular flexibility index (Phi) is 2.23. The molecule has 0 aliphatic heterocycles. The normalized spacial score (nSPS) is 8.82. The lowest BCUT2D eigenvalue weighted by Crippen LogP contribution is -1.85. The molecule has 0 bridgehead atoms. The SMILES string of the molecule is [C-]#C[CH-]c1cc(C)ccc1C. The largest absolute Gasteiger partial charge is 0.729 e. The van der Waals surface area contributed by atoms with Gasteiger partial charge in [0.05, 0.1) is 0 Å². The molecule has 0 aromatic heterocycles. The summed E-state index contributed by atoms with van der Waals surface area (Å²) in [5, 5.41) is 0. The first-order valence-corrected chi connectivity index (χ1v) is 3.57. The van der Waals surface area contributed by atoms with Crippen molar-refractivity contribution in [1.29, 1.82) is 0 Å². The molecule has 11 heavy (non-hydrogen) atoms. The van der Waals surface area contributed by atoms with Gasteiger partial charge in [0.2, 0.25) is 0 Å². The molecule has 0 spiro atoms. The summed E-state index contributed by atoms with van der Waals surface area (Å²) in [7, 11) is 0. The lowest BCUT2D eigenvalue weighted by atomic mass is 10.0. The lowest BCUT2D eigenvalue weighted by Gasteiger charge is -2.15. The van der Waals surface area contributed by atoms with E-state index in [-0.39, 0.29) is 0 Å². The van der Waals surface area contributed by atoms with Gasteiger partial charge in [0.25, 0.3) is 0 Å². The van der Waals surface area contributed by atoms with Crippen molar-refractivity contribution in [2.45, 2.75) is 13.8 Å². The molecule has 56 valence electrons. The minimum atomic E-state index is 1.08. The van der Waals surface area contributed by atoms with Crippen molar-refractivity contribution in [1.82, 2.24) is 0 Å². The molecule has 0 nitrogen and oxygen atoms in total. The van der Waals surface area contributed by atoms with E-state index in [1.165, 1.54) is 11.1 Å². The van der Waals surface area contributed by atoms with Crippen LogP contribution >= 0.6 is 0 Å². The third-order valence-corrected chi connectivity index (χ3v) is 1.66. The summed E-state index contributed by atoms with van der Waals surface area (Å²) < 4.78 is 0. The van der Waals surface area contributed by atoms with Gasteiger partial charge in [-0.1, -0.05) is 29.3 Å². The maximum absolute atomic E-state index is 6.80. The summed E-state index contributed by atoms with van der Waals surface area (Å²) in [5.74, 6) is 2.28. The van der Waals surface area contributed by atoms with Crippen LogP contribution in [0.4, 0.5) is 0 Å². The molecule has 0 saturated carbocycles. The van der Waals surface area contributed by atoms with Crippen molar-refractivity contribution in [3.8, 4) is 5.92 Å². The Bertz CT molecular complexity index is 289. The molecule has 0 atom stereocenters. The highest BCUT2D eigenvalue weighted by Gasteiger charge is 1.86. The Morgan fingerprint density at radius 2 is 2.09 bits per heavy atom. The van der Waals surface area contributed by atoms with Crippen LogP contribution < -0.4 is 0 Å². The molecule has 0 heterocycles. The highest BCUT2D eigenvalue weighted by atomic mass is 14.0. The fourth-order valence-corrected chi connectivity index (χ4v) is 0.993. The van der Waals surface area contributed by atoms with Gasteiger partial charge in [-0.3, -0.25) is 0 Å². The van der Waals surface area contributed by atoms with Gasteiger partial charge in [-0.25, -0.2) is 0 Å². The Labute approximate surface area is 68.3 Å². The monoisotopic (exact) mass is 142 g/mol.